The molecule has 1 aromatic rings. The van der Waals surface area contributed by atoms with Gasteiger partial charge in [-0.05, 0) is 19.1 Å². The molecule has 0 heterocycles. The predicted molar refractivity (Wildman–Crippen MR) is 55.1 cm³/mol. The number of alkyl halides is 2. The molecule has 0 amide bonds. The molecule has 0 fully saturated rings. The molecule has 0 N–H and O–H groups in total. The highest BCUT2D eigenvalue weighted by molar-refractivity contribution is 5.98. The van der Waals surface area contributed by atoms with Gasteiger partial charge in [-0.15, -0.1) is 0 Å². The number of halogens is 2. The Kier molecular flexibility index (Phi) is 4.03. The van der Waals surface area contributed by atoms with Crippen LogP contribution >= 0.6 is 0 Å². The summed E-state index contributed by atoms with van der Waals surface area (Å²) >= 11 is 0. The first kappa shape index (κ1) is 13.7. The zero-order chi connectivity index (χ0) is 13.9. The molecular formula is C10H7F2NO5. The summed E-state index contributed by atoms with van der Waals surface area (Å²) < 4.78 is 28.2. The second-order valence-corrected chi connectivity index (χ2v) is 3.22. The number of benzene rings is 1. The molecule has 0 atom stereocenters. The number of rotatable bonds is 5. The van der Waals surface area contributed by atoms with Crippen LogP contribution < -0.4 is 4.74 Å². The first-order valence-electron chi connectivity index (χ1n) is 4.60. The number of nitro benzene ring substituents is 1. The molecule has 18 heavy (non-hydrogen) atoms. The van der Waals surface area contributed by atoms with E-state index in [1.165, 1.54) is 0 Å². The molecular weight excluding hydrogens is 252 g/mol. The zero-order valence-electron chi connectivity index (χ0n) is 9.05. The number of ether oxygens (including phenoxy) is 1. The van der Waals surface area contributed by atoms with Crippen LogP contribution in [0.5, 0.6) is 5.75 Å². The van der Waals surface area contributed by atoms with Crippen molar-refractivity contribution >= 4 is 17.8 Å². The number of Topliss-reactive ketones (excluding diaryl/α,β-unsaturated/α-hetero) is 1. The van der Waals surface area contributed by atoms with Gasteiger partial charge in [-0.3, -0.25) is 19.7 Å². The van der Waals surface area contributed by atoms with Crippen LogP contribution in [0.2, 0.25) is 0 Å². The van der Waals surface area contributed by atoms with Crippen molar-refractivity contribution in [3.05, 3.63) is 33.4 Å². The number of nitrogens with zero attached hydrogens (tertiary/aromatic N) is 1. The molecule has 0 unspecified atom stereocenters. The topological polar surface area (TPSA) is 86.5 Å². The Morgan fingerprint density at radius 2 is 2.11 bits per heavy atom. The van der Waals surface area contributed by atoms with E-state index >= 15 is 0 Å². The van der Waals surface area contributed by atoms with E-state index in [1.54, 1.807) is 0 Å². The van der Waals surface area contributed by atoms with Gasteiger partial charge in [-0.1, -0.05) is 0 Å². The second kappa shape index (κ2) is 5.30. The second-order valence-electron chi connectivity index (χ2n) is 3.22. The summed E-state index contributed by atoms with van der Waals surface area (Å²) in [4.78, 5) is 31.5. The maximum absolute atomic E-state index is 12.1. The number of carbonyl (C=O) groups excluding carboxylic acids is 2. The smallest absolute Gasteiger partial charge is 0.387 e. The summed E-state index contributed by atoms with van der Waals surface area (Å²) in [6, 6.07) is 1.76. The average Bonchev–Trinajstić information content (AvgIpc) is 2.26. The fourth-order valence-electron chi connectivity index (χ4n) is 1.30. The molecule has 96 valence electrons. The van der Waals surface area contributed by atoms with E-state index in [0.29, 0.717) is 0 Å². The van der Waals surface area contributed by atoms with Crippen molar-refractivity contribution in [3.63, 3.8) is 0 Å². The third-order valence-corrected chi connectivity index (χ3v) is 2.04. The lowest BCUT2D eigenvalue weighted by molar-refractivity contribution is -0.386. The summed E-state index contributed by atoms with van der Waals surface area (Å²) in [6.45, 7) is -2.17. The van der Waals surface area contributed by atoms with Gasteiger partial charge in [0.05, 0.1) is 10.5 Å². The minimum atomic E-state index is -3.30. The third-order valence-electron chi connectivity index (χ3n) is 2.04. The molecule has 0 radical (unpaired) electrons. The van der Waals surface area contributed by atoms with Gasteiger partial charge in [0.2, 0.25) is 5.75 Å². The van der Waals surface area contributed by atoms with Gasteiger partial charge in [0, 0.05) is 5.56 Å². The molecule has 8 heteroatoms. The molecule has 1 rings (SSSR count). The Morgan fingerprint density at radius 1 is 1.50 bits per heavy atom. The highest BCUT2D eigenvalue weighted by Gasteiger charge is 2.25. The van der Waals surface area contributed by atoms with Gasteiger partial charge in [0.1, 0.15) is 0 Å². The van der Waals surface area contributed by atoms with Crippen LogP contribution in [0.15, 0.2) is 12.1 Å². The Hall–Kier alpha value is -2.38. The minimum Gasteiger partial charge on any atom is -0.427 e. The number of ketones is 1. The predicted octanol–water partition coefficient (Wildman–Crippen LogP) is 2.21. The van der Waals surface area contributed by atoms with Crippen molar-refractivity contribution in [2.24, 2.45) is 0 Å². The molecule has 0 aliphatic rings. The minimum absolute atomic E-state index is 0.100. The van der Waals surface area contributed by atoms with Crippen molar-refractivity contribution in [2.75, 3.05) is 0 Å². The Labute approximate surface area is 99.3 Å². The van der Waals surface area contributed by atoms with Crippen LogP contribution in [0, 0.1) is 10.1 Å². The van der Waals surface area contributed by atoms with Crippen LogP contribution in [-0.2, 0) is 0 Å². The van der Waals surface area contributed by atoms with Crippen LogP contribution in [0.1, 0.15) is 27.6 Å². The number of nitro groups is 1. The van der Waals surface area contributed by atoms with Crippen molar-refractivity contribution in [1.82, 2.24) is 0 Å². The van der Waals surface area contributed by atoms with Gasteiger partial charge in [-0.2, -0.15) is 8.78 Å². The molecule has 0 aliphatic carbocycles. The molecule has 1 aromatic carbocycles. The summed E-state index contributed by atoms with van der Waals surface area (Å²) in [5, 5.41) is 10.7. The highest BCUT2D eigenvalue weighted by Crippen LogP contribution is 2.33. The summed E-state index contributed by atoms with van der Waals surface area (Å²) in [5.41, 5.74) is -1.52. The van der Waals surface area contributed by atoms with Gasteiger partial charge in [0.15, 0.2) is 12.1 Å². The number of carbonyl (C=O) groups is 2. The fraction of sp³-hybridized carbons (Fsp3) is 0.200. The SMILES string of the molecule is CC(=O)c1cc(C=O)c([N+](=O)[O-])c(OC(F)F)c1. The van der Waals surface area contributed by atoms with E-state index in [-0.39, 0.29) is 11.8 Å². The molecule has 0 saturated carbocycles. The molecule has 6 nitrogen and oxygen atoms in total. The Bertz CT molecular complexity index is 515. The van der Waals surface area contributed by atoms with Gasteiger partial charge in [-0.25, -0.2) is 0 Å². The summed E-state index contributed by atoms with van der Waals surface area (Å²) in [6.07, 6.45) is 0.100. The van der Waals surface area contributed by atoms with Gasteiger partial charge >= 0.3 is 12.3 Å². The van der Waals surface area contributed by atoms with Gasteiger partial charge < -0.3 is 4.74 Å². The average molecular weight is 259 g/mol. The maximum Gasteiger partial charge on any atom is 0.387 e. The van der Waals surface area contributed by atoms with Crippen LogP contribution in [0.4, 0.5) is 14.5 Å². The van der Waals surface area contributed by atoms with E-state index in [4.69, 9.17) is 0 Å². The van der Waals surface area contributed by atoms with Crippen molar-refractivity contribution in [1.29, 1.82) is 0 Å². The van der Waals surface area contributed by atoms with Crippen LogP contribution in [0.3, 0.4) is 0 Å². The van der Waals surface area contributed by atoms with E-state index in [2.05, 4.69) is 4.74 Å². The molecule has 0 spiro atoms. The van der Waals surface area contributed by atoms with E-state index in [1.807, 2.05) is 0 Å². The summed E-state index contributed by atoms with van der Waals surface area (Å²) in [5.74, 6) is -1.35. The van der Waals surface area contributed by atoms with Crippen molar-refractivity contribution < 1.29 is 28.0 Å². The lowest BCUT2D eigenvalue weighted by Gasteiger charge is -2.08. The Balaban J connectivity index is 3.50. The fourth-order valence-corrected chi connectivity index (χ4v) is 1.30. The largest absolute Gasteiger partial charge is 0.427 e. The monoisotopic (exact) mass is 259 g/mol. The third kappa shape index (κ3) is 2.84. The lowest BCUT2D eigenvalue weighted by atomic mass is 10.1. The molecule has 0 bridgehead atoms. The molecule has 0 saturated heterocycles. The van der Waals surface area contributed by atoms with E-state index < -0.39 is 34.3 Å². The Morgan fingerprint density at radius 3 is 2.50 bits per heavy atom. The van der Waals surface area contributed by atoms with E-state index in [0.717, 1.165) is 19.1 Å². The number of hydrogen-bond donors (Lipinski definition) is 0. The zero-order valence-corrected chi connectivity index (χ0v) is 9.05. The highest BCUT2D eigenvalue weighted by atomic mass is 19.3. The van der Waals surface area contributed by atoms with Crippen LogP contribution in [-0.4, -0.2) is 23.6 Å². The lowest BCUT2D eigenvalue weighted by Crippen LogP contribution is -2.08. The summed E-state index contributed by atoms with van der Waals surface area (Å²) in [7, 11) is 0. The quantitative estimate of drug-likeness (QED) is 0.350. The van der Waals surface area contributed by atoms with Crippen molar-refractivity contribution in [3.8, 4) is 5.75 Å². The molecule has 0 aromatic heterocycles. The standard InChI is InChI=1S/C10H7F2NO5/c1-5(15)6-2-7(4-14)9(13(16)17)8(3-6)18-10(11)12/h2-4,10H,1H3. The normalized spacial score (nSPS) is 10.2. The molecule has 0 aliphatic heterocycles. The van der Waals surface area contributed by atoms with Gasteiger partial charge in [0.25, 0.3) is 0 Å². The van der Waals surface area contributed by atoms with E-state index in [9.17, 15) is 28.5 Å². The van der Waals surface area contributed by atoms with Crippen molar-refractivity contribution in [2.45, 2.75) is 13.5 Å². The first-order valence-corrected chi connectivity index (χ1v) is 4.60. The maximum atomic E-state index is 12.1. The first-order chi connectivity index (χ1) is 8.36. The number of aldehydes is 1. The van der Waals surface area contributed by atoms with Crippen LogP contribution in [0.25, 0.3) is 0 Å². The number of hydrogen-bond acceptors (Lipinski definition) is 5.